The van der Waals surface area contributed by atoms with Gasteiger partial charge in [0.25, 0.3) is 0 Å². The van der Waals surface area contributed by atoms with Gasteiger partial charge in [0.1, 0.15) is 22.1 Å². The predicted octanol–water partition coefficient (Wildman–Crippen LogP) is 5.05. The molecule has 13 heteroatoms. The first-order valence-corrected chi connectivity index (χ1v) is 11.1. The molecular formula is C22H15F3N2O6S2. The van der Waals surface area contributed by atoms with Crippen LogP contribution in [0.15, 0.2) is 46.8 Å². The van der Waals surface area contributed by atoms with Gasteiger partial charge in [-0.2, -0.15) is 0 Å². The molecule has 0 aliphatic rings. The van der Waals surface area contributed by atoms with Gasteiger partial charge in [-0.25, -0.2) is 14.6 Å². The number of methoxy groups -OCH3 is 2. The van der Waals surface area contributed by atoms with Crippen LogP contribution in [0.3, 0.4) is 0 Å². The van der Waals surface area contributed by atoms with Crippen LogP contribution >= 0.6 is 23.3 Å². The van der Waals surface area contributed by atoms with E-state index in [0.29, 0.717) is 21.5 Å². The Bertz CT molecular complexity index is 1310. The Morgan fingerprint density at radius 1 is 1.11 bits per heavy atom. The summed E-state index contributed by atoms with van der Waals surface area (Å²) in [5.74, 6) is 2.98. The number of rotatable bonds is 7. The molecule has 0 amide bonds. The van der Waals surface area contributed by atoms with Crippen LogP contribution in [0.25, 0.3) is 0 Å². The highest BCUT2D eigenvalue weighted by molar-refractivity contribution is 8.00. The van der Waals surface area contributed by atoms with Gasteiger partial charge in [0.15, 0.2) is 5.01 Å². The fourth-order valence-electron chi connectivity index (χ4n) is 2.59. The summed E-state index contributed by atoms with van der Waals surface area (Å²) < 4.78 is 54.8. The Morgan fingerprint density at radius 3 is 2.54 bits per heavy atom. The van der Waals surface area contributed by atoms with Crippen LogP contribution in [0.4, 0.5) is 18.9 Å². The Kier molecular flexibility index (Phi) is 8.10. The molecule has 0 saturated carbocycles. The minimum absolute atomic E-state index is 0.0760. The van der Waals surface area contributed by atoms with Crippen molar-refractivity contribution in [2.45, 2.75) is 11.4 Å². The van der Waals surface area contributed by atoms with Crippen LogP contribution in [0.1, 0.15) is 31.3 Å². The summed E-state index contributed by atoms with van der Waals surface area (Å²) in [4.78, 5) is 27.1. The maximum Gasteiger partial charge on any atom is 0.573 e. The third kappa shape index (κ3) is 7.05. The molecule has 2 aromatic carbocycles. The predicted molar refractivity (Wildman–Crippen MR) is 122 cm³/mol. The molecule has 1 aromatic heterocycles. The zero-order valence-electron chi connectivity index (χ0n) is 17.9. The van der Waals surface area contributed by atoms with E-state index in [9.17, 15) is 22.8 Å². The molecule has 8 nitrogen and oxygen atoms in total. The lowest BCUT2D eigenvalue weighted by Crippen LogP contribution is -2.19. The summed E-state index contributed by atoms with van der Waals surface area (Å²) in [6.45, 7) is 0. The molecule has 2 N–H and O–H groups in total. The number of anilines is 1. The molecular weight excluding hydrogens is 509 g/mol. The number of hydrogen-bond donors (Lipinski definition) is 2. The lowest BCUT2D eigenvalue weighted by Gasteiger charge is -2.12. The van der Waals surface area contributed by atoms with Crippen LogP contribution in [0, 0.1) is 11.8 Å². The molecule has 1 heterocycles. The zero-order chi connectivity index (χ0) is 25.6. The third-order valence-corrected chi connectivity index (χ3v) is 5.77. The van der Waals surface area contributed by atoms with Gasteiger partial charge >= 0.3 is 18.3 Å². The number of carbonyl (C=O) groups excluding carboxylic acids is 1. The van der Waals surface area contributed by atoms with Gasteiger partial charge in [-0.05, 0) is 42.3 Å². The summed E-state index contributed by atoms with van der Waals surface area (Å²) in [5, 5.41) is 11.7. The smallest absolute Gasteiger partial charge is 0.495 e. The van der Waals surface area contributed by atoms with E-state index in [1.54, 1.807) is 11.4 Å². The maximum atomic E-state index is 12.7. The molecule has 0 bridgehead atoms. The highest BCUT2D eigenvalue weighted by Crippen LogP contribution is 2.31. The maximum absolute atomic E-state index is 12.7. The second kappa shape index (κ2) is 11.0. The van der Waals surface area contributed by atoms with E-state index in [4.69, 9.17) is 9.84 Å². The Hall–Kier alpha value is -3.89. The summed E-state index contributed by atoms with van der Waals surface area (Å²) in [6.07, 6.45) is -5.00. The number of halogens is 3. The van der Waals surface area contributed by atoms with E-state index in [0.717, 1.165) is 31.2 Å². The average molecular weight is 524 g/mol. The molecule has 0 atom stereocenters. The Balaban J connectivity index is 1.74. The summed E-state index contributed by atoms with van der Waals surface area (Å²) in [6, 6.07) is 7.85. The number of nitrogens with one attached hydrogen (secondary N) is 1. The van der Waals surface area contributed by atoms with Gasteiger partial charge in [-0.1, -0.05) is 5.92 Å². The highest BCUT2D eigenvalue weighted by atomic mass is 32.2. The minimum atomic E-state index is -5.00. The number of aromatic carboxylic acids is 1. The first kappa shape index (κ1) is 25.7. The number of hydrogen-bond acceptors (Lipinski definition) is 9. The van der Waals surface area contributed by atoms with Crippen molar-refractivity contribution in [2.75, 3.05) is 18.9 Å². The fraction of sp³-hybridized carbons (Fsp3) is 0.136. The number of carboxylic acids is 1. The molecule has 0 radical (unpaired) electrons. The highest BCUT2D eigenvalue weighted by Gasteiger charge is 2.33. The van der Waals surface area contributed by atoms with Crippen LogP contribution in [0.2, 0.25) is 0 Å². The number of alkyl halides is 3. The topological polar surface area (TPSA) is 107 Å². The molecule has 182 valence electrons. The van der Waals surface area contributed by atoms with Crippen molar-refractivity contribution in [1.29, 1.82) is 0 Å². The SMILES string of the molecule is COC(=O)c1ccc(C#Cc2nc(SNc3ccc(C(=O)O)cc3OC)cs2)cc1OC(F)(F)F. The van der Waals surface area contributed by atoms with Crippen molar-refractivity contribution in [3.8, 4) is 23.3 Å². The van der Waals surface area contributed by atoms with Gasteiger partial charge < -0.3 is 24.0 Å². The molecule has 0 saturated heterocycles. The molecule has 0 spiro atoms. The first-order chi connectivity index (χ1) is 16.6. The van der Waals surface area contributed by atoms with Crippen molar-refractivity contribution >= 4 is 40.9 Å². The molecule has 0 aliphatic heterocycles. The quantitative estimate of drug-likeness (QED) is 0.249. The largest absolute Gasteiger partial charge is 0.573 e. The molecule has 0 unspecified atom stereocenters. The van der Waals surface area contributed by atoms with Gasteiger partial charge in [0, 0.05) is 22.9 Å². The Morgan fingerprint density at radius 2 is 1.89 bits per heavy atom. The standard InChI is InChI=1S/C22H15F3N2O6S2/c1-31-17-10-13(20(28)29)5-7-15(17)27-35-19-11-34-18(26-19)8-4-12-3-6-14(21(30)32-2)16(9-12)33-22(23,24)25/h3,5-7,9-11,27H,1-2H3,(H,28,29). The van der Waals surface area contributed by atoms with Crippen LogP contribution < -0.4 is 14.2 Å². The van der Waals surface area contributed by atoms with Gasteiger partial charge in [-0.15, -0.1) is 24.5 Å². The number of nitrogens with zero attached hydrogens (tertiary/aromatic N) is 1. The van der Waals surface area contributed by atoms with E-state index in [2.05, 4.69) is 31.0 Å². The van der Waals surface area contributed by atoms with E-state index >= 15 is 0 Å². The van der Waals surface area contributed by atoms with Crippen molar-refractivity contribution in [2.24, 2.45) is 0 Å². The number of esters is 1. The summed E-state index contributed by atoms with van der Waals surface area (Å²) >= 11 is 2.34. The number of carbonyl (C=O) groups is 2. The molecule has 0 fully saturated rings. The summed E-state index contributed by atoms with van der Waals surface area (Å²) in [7, 11) is 2.46. The first-order valence-electron chi connectivity index (χ1n) is 9.39. The van der Waals surface area contributed by atoms with Crippen LogP contribution in [-0.2, 0) is 4.74 Å². The fourth-order valence-corrected chi connectivity index (χ4v) is 4.03. The number of carboxylic acid groups (broad SMARTS) is 1. The molecule has 0 aliphatic carbocycles. The molecule has 3 aromatic rings. The van der Waals surface area contributed by atoms with Gasteiger partial charge in [0.2, 0.25) is 0 Å². The Labute approximate surface area is 205 Å². The normalized spacial score (nSPS) is 10.7. The number of thiazole rings is 1. The minimum Gasteiger partial charge on any atom is -0.495 e. The van der Waals surface area contributed by atoms with Crippen LogP contribution in [-0.4, -0.2) is 42.6 Å². The second-order valence-electron chi connectivity index (χ2n) is 6.42. The van der Waals surface area contributed by atoms with Gasteiger partial charge in [0.05, 0.1) is 25.5 Å². The van der Waals surface area contributed by atoms with E-state index in [1.807, 2.05) is 0 Å². The second-order valence-corrected chi connectivity index (χ2v) is 8.10. The summed E-state index contributed by atoms with van der Waals surface area (Å²) in [5.41, 5.74) is 0.391. The van der Waals surface area contributed by atoms with Crippen molar-refractivity contribution in [1.82, 2.24) is 4.98 Å². The average Bonchev–Trinajstić information content (AvgIpc) is 3.27. The third-order valence-electron chi connectivity index (χ3n) is 4.12. The van der Waals surface area contributed by atoms with E-state index in [-0.39, 0.29) is 16.7 Å². The van der Waals surface area contributed by atoms with Crippen molar-refractivity contribution in [3.63, 3.8) is 0 Å². The number of ether oxygens (including phenoxy) is 3. The number of aromatic nitrogens is 1. The lowest BCUT2D eigenvalue weighted by atomic mass is 10.1. The lowest BCUT2D eigenvalue weighted by molar-refractivity contribution is -0.274. The zero-order valence-corrected chi connectivity index (χ0v) is 19.6. The molecule has 3 rings (SSSR count). The number of benzene rings is 2. The van der Waals surface area contributed by atoms with E-state index in [1.165, 1.54) is 36.6 Å². The van der Waals surface area contributed by atoms with Crippen molar-refractivity contribution < 1.29 is 42.1 Å². The monoisotopic (exact) mass is 524 g/mol. The molecule has 35 heavy (non-hydrogen) atoms. The van der Waals surface area contributed by atoms with E-state index < -0.39 is 24.1 Å². The van der Waals surface area contributed by atoms with Gasteiger partial charge in [-0.3, -0.25) is 0 Å². The van der Waals surface area contributed by atoms with Crippen molar-refractivity contribution in [3.05, 3.63) is 63.5 Å². The van der Waals surface area contributed by atoms with Crippen LogP contribution in [0.5, 0.6) is 11.5 Å².